The average Bonchev–Trinajstić information content (AvgIpc) is 2.95. The maximum absolute atomic E-state index is 13.0. The second kappa shape index (κ2) is 19.1. The summed E-state index contributed by atoms with van der Waals surface area (Å²) in [5.74, 6) is -0.846. The molecular formula is C30H40F3NO7. The summed E-state index contributed by atoms with van der Waals surface area (Å²) in [4.78, 5) is 24.5. The van der Waals surface area contributed by atoms with Crippen LogP contribution in [0.4, 0.5) is 24.5 Å². The highest BCUT2D eigenvalue weighted by Crippen LogP contribution is 2.32. The molecule has 2 aromatic carbocycles. The van der Waals surface area contributed by atoms with Gasteiger partial charge in [0.05, 0.1) is 62.4 Å². The Morgan fingerprint density at radius 3 is 2.02 bits per heavy atom. The van der Waals surface area contributed by atoms with Crippen LogP contribution >= 0.6 is 0 Å². The van der Waals surface area contributed by atoms with Crippen LogP contribution in [0.2, 0.25) is 0 Å². The molecule has 228 valence electrons. The van der Waals surface area contributed by atoms with Crippen molar-refractivity contribution >= 4 is 23.3 Å². The first kappa shape index (κ1) is 34.1. The summed E-state index contributed by atoms with van der Waals surface area (Å²) in [6.07, 6.45) is -0.787. The maximum Gasteiger partial charge on any atom is 0.416 e. The Morgan fingerprint density at radius 2 is 1.41 bits per heavy atom. The molecule has 0 radical (unpaired) electrons. The molecule has 2 rings (SSSR count). The number of carbonyl (C=O) groups excluding carboxylic acids is 2. The lowest BCUT2D eigenvalue weighted by Crippen LogP contribution is -2.20. The molecule has 0 saturated carbocycles. The van der Waals surface area contributed by atoms with Crippen molar-refractivity contribution in [2.45, 2.75) is 45.7 Å². The van der Waals surface area contributed by atoms with Crippen molar-refractivity contribution in [3.8, 4) is 0 Å². The standard InChI is InChI=1S/C30H40F3NO7/c1-3-5-9-23(4-2)28(35)40-20-18-38-16-14-37-15-17-39-19-21-41-29(36)26-12-6-7-13-27(26)34-25-11-8-10-24(22-25)30(31,32)33/h6-8,10-13,22-23,34H,3-5,9,14-21H2,1-2H3. The van der Waals surface area contributed by atoms with E-state index in [0.717, 1.165) is 37.8 Å². The number of benzene rings is 2. The molecule has 0 bridgehead atoms. The number of rotatable bonds is 20. The van der Waals surface area contributed by atoms with E-state index in [4.69, 9.17) is 23.7 Å². The summed E-state index contributed by atoms with van der Waals surface area (Å²) >= 11 is 0. The predicted molar refractivity (Wildman–Crippen MR) is 148 cm³/mol. The van der Waals surface area contributed by atoms with Gasteiger partial charge in [-0.05, 0) is 43.2 Å². The third kappa shape index (κ3) is 13.4. The molecule has 1 atom stereocenters. The van der Waals surface area contributed by atoms with Crippen molar-refractivity contribution in [3.63, 3.8) is 0 Å². The quantitative estimate of drug-likeness (QED) is 0.141. The zero-order chi connectivity index (χ0) is 29.9. The normalized spacial score (nSPS) is 12.1. The fourth-order valence-corrected chi connectivity index (χ4v) is 3.77. The van der Waals surface area contributed by atoms with Gasteiger partial charge in [-0.2, -0.15) is 13.2 Å². The van der Waals surface area contributed by atoms with Crippen LogP contribution in [0.5, 0.6) is 0 Å². The zero-order valence-electron chi connectivity index (χ0n) is 23.7. The van der Waals surface area contributed by atoms with E-state index in [9.17, 15) is 22.8 Å². The van der Waals surface area contributed by atoms with Crippen molar-refractivity contribution in [2.75, 3.05) is 58.2 Å². The largest absolute Gasteiger partial charge is 0.463 e. The van der Waals surface area contributed by atoms with Gasteiger partial charge in [0.2, 0.25) is 0 Å². The first-order valence-corrected chi connectivity index (χ1v) is 13.9. The summed E-state index contributed by atoms with van der Waals surface area (Å²) in [5.41, 5.74) is -0.0920. The number of carbonyl (C=O) groups is 2. The fraction of sp³-hybridized carbons (Fsp3) is 0.533. The molecule has 8 nitrogen and oxygen atoms in total. The molecule has 2 aromatic rings. The van der Waals surface area contributed by atoms with E-state index >= 15 is 0 Å². The third-order valence-corrected chi connectivity index (χ3v) is 6.02. The number of para-hydroxylation sites is 1. The Balaban J connectivity index is 1.55. The van der Waals surface area contributed by atoms with Crippen LogP contribution in [-0.2, 0) is 34.7 Å². The number of anilines is 2. The van der Waals surface area contributed by atoms with Crippen molar-refractivity contribution in [3.05, 3.63) is 59.7 Å². The Labute approximate surface area is 239 Å². The lowest BCUT2D eigenvalue weighted by atomic mass is 10.00. The van der Waals surface area contributed by atoms with Gasteiger partial charge in [-0.25, -0.2) is 4.79 Å². The van der Waals surface area contributed by atoms with Gasteiger partial charge >= 0.3 is 18.1 Å². The van der Waals surface area contributed by atoms with Crippen LogP contribution in [0.25, 0.3) is 0 Å². The molecule has 1 N–H and O–H groups in total. The second-order valence-corrected chi connectivity index (χ2v) is 9.14. The highest BCUT2D eigenvalue weighted by molar-refractivity contribution is 5.96. The molecule has 0 aromatic heterocycles. The lowest BCUT2D eigenvalue weighted by molar-refractivity contribution is -0.150. The lowest BCUT2D eigenvalue weighted by Gasteiger charge is -2.14. The molecule has 0 aliphatic carbocycles. The van der Waals surface area contributed by atoms with Gasteiger partial charge in [0.15, 0.2) is 0 Å². The summed E-state index contributed by atoms with van der Waals surface area (Å²) in [6, 6.07) is 11.1. The number of unbranched alkanes of at least 4 members (excludes halogenated alkanes) is 1. The van der Waals surface area contributed by atoms with Gasteiger partial charge in [0.25, 0.3) is 0 Å². The first-order valence-electron chi connectivity index (χ1n) is 13.9. The van der Waals surface area contributed by atoms with Crippen molar-refractivity contribution < 1.29 is 46.4 Å². The SMILES string of the molecule is CCCCC(CC)C(=O)OCCOCCOCCOCCOC(=O)c1ccccc1Nc1cccc(C(F)(F)F)c1. The van der Waals surface area contributed by atoms with Gasteiger partial charge in [-0.1, -0.05) is 44.9 Å². The Morgan fingerprint density at radius 1 is 0.805 bits per heavy atom. The van der Waals surface area contributed by atoms with E-state index in [1.165, 1.54) is 18.2 Å². The van der Waals surface area contributed by atoms with Crippen LogP contribution in [0.3, 0.4) is 0 Å². The van der Waals surface area contributed by atoms with E-state index in [2.05, 4.69) is 12.2 Å². The molecule has 1 unspecified atom stereocenters. The topological polar surface area (TPSA) is 92.3 Å². The number of ether oxygens (including phenoxy) is 5. The molecule has 0 fully saturated rings. The summed E-state index contributed by atoms with van der Waals surface area (Å²) < 4.78 is 65.7. The minimum atomic E-state index is -4.47. The average molecular weight is 584 g/mol. The van der Waals surface area contributed by atoms with E-state index in [1.54, 1.807) is 18.2 Å². The number of nitrogens with one attached hydrogen (secondary N) is 1. The molecular weight excluding hydrogens is 543 g/mol. The summed E-state index contributed by atoms with van der Waals surface area (Å²) in [5, 5.41) is 2.85. The van der Waals surface area contributed by atoms with Crippen LogP contribution in [0.15, 0.2) is 48.5 Å². The molecule has 11 heteroatoms. The Bertz CT molecular complexity index is 1050. The Hall–Kier alpha value is -3.15. The maximum atomic E-state index is 13.0. The zero-order valence-corrected chi connectivity index (χ0v) is 23.7. The first-order chi connectivity index (χ1) is 19.8. The van der Waals surface area contributed by atoms with Crippen LogP contribution < -0.4 is 5.32 Å². The van der Waals surface area contributed by atoms with Crippen molar-refractivity contribution in [2.24, 2.45) is 5.92 Å². The van der Waals surface area contributed by atoms with Crippen LogP contribution in [0.1, 0.15) is 55.5 Å². The minimum absolute atomic E-state index is 0.00408. The van der Waals surface area contributed by atoms with E-state index in [1.807, 2.05) is 6.92 Å². The highest BCUT2D eigenvalue weighted by atomic mass is 19.4. The Kier molecular flexibility index (Phi) is 15.8. The number of alkyl halides is 3. The van der Waals surface area contributed by atoms with Crippen molar-refractivity contribution in [1.29, 1.82) is 0 Å². The molecule has 0 spiro atoms. The number of hydrogen-bond acceptors (Lipinski definition) is 8. The molecule has 0 saturated heterocycles. The van der Waals surface area contributed by atoms with Crippen molar-refractivity contribution in [1.82, 2.24) is 0 Å². The monoisotopic (exact) mass is 583 g/mol. The number of hydrogen-bond donors (Lipinski definition) is 1. The number of esters is 2. The van der Waals surface area contributed by atoms with E-state index in [0.29, 0.717) is 38.7 Å². The second-order valence-electron chi connectivity index (χ2n) is 9.14. The van der Waals surface area contributed by atoms with Gasteiger partial charge < -0.3 is 29.0 Å². The molecule has 0 aliphatic heterocycles. The molecule has 0 heterocycles. The summed E-state index contributed by atoms with van der Waals surface area (Å²) in [6.45, 7) is 6.08. The van der Waals surface area contributed by atoms with Gasteiger partial charge in [-0.3, -0.25) is 4.79 Å². The molecule has 41 heavy (non-hydrogen) atoms. The predicted octanol–water partition coefficient (Wildman–Crippen LogP) is 6.42. The third-order valence-electron chi connectivity index (χ3n) is 6.02. The van der Waals surface area contributed by atoms with E-state index in [-0.39, 0.29) is 43.0 Å². The fourth-order valence-electron chi connectivity index (χ4n) is 3.77. The smallest absolute Gasteiger partial charge is 0.416 e. The highest BCUT2D eigenvalue weighted by Gasteiger charge is 2.30. The summed E-state index contributed by atoms with van der Waals surface area (Å²) in [7, 11) is 0. The van der Waals surface area contributed by atoms with Gasteiger partial charge in [0, 0.05) is 5.69 Å². The van der Waals surface area contributed by atoms with Crippen LogP contribution in [-0.4, -0.2) is 64.8 Å². The van der Waals surface area contributed by atoms with Gasteiger partial charge in [0.1, 0.15) is 13.2 Å². The van der Waals surface area contributed by atoms with E-state index < -0.39 is 17.7 Å². The van der Waals surface area contributed by atoms with Gasteiger partial charge in [-0.15, -0.1) is 0 Å². The number of halogens is 3. The molecule has 0 amide bonds. The molecule has 0 aliphatic rings. The minimum Gasteiger partial charge on any atom is -0.463 e. The van der Waals surface area contributed by atoms with Crippen LogP contribution in [0, 0.1) is 5.92 Å².